The van der Waals surface area contributed by atoms with E-state index in [9.17, 15) is 9.59 Å². The standard InChI is InChI=1S/C16H24N4O2.ClH/c1-19(13-16(22)20-9-7-17-8-10-20)12-15(21)18-11-14-5-3-2-4-6-14;/h2-6,17H,7-13H2,1H3,(H,18,21);1H. The van der Waals surface area contributed by atoms with Gasteiger partial charge in [0, 0.05) is 32.7 Å². The molecule has 0 unspecified atom stereocenters. The lowest BCUT2D eigenvalue weighted by Crippen LogP contribution is -2.50. The quantitative estimate of drug-likeness (QED) is 0.770. The second-order valence-corrected chi connectivity index (χ2v) is 5.57. The molecule has 1 aromatic carbocycles. The van der Waals surface area contributed by atoms with E-state index in [1.54, 1.807) is 11.9 Å². The van der Waals surface area contributed by atoms with Gasteiger partial charge in [-0.3, -0.25) is 14.5 Å². The molecule has 0 spiro atoms. The maximum Gasteiger partial charge on any atom is 0.236 e. The summed E-state index contributed by atoms with van der Waals surface area (Å²) >= 11 is 0. The zero-order valence-electron chi connectivity index (χ0n) is 13.5. The predicted octanol–water partition coefficient (Wildman–Crippen LogP) is 0.0882. The van der Waals surface area contributed by atoms with Crippen molar-refractivity contribution in [2.75, 3.05) is 46.3 Å². The molecule has 2 N–H and O–H groups in total. The minimum atomic E-state index is -0.0699. The summed E-state index contributed by atoms with van der Waals surface area (Å²) in [7, 11) is 1.79. The minimum absolute atomic E-state index is 0. The number of carbonyl (C=O) groups excluding carboxylic acids is 2. The highest BCUT2D eigenvalue weighted by Crippen LogP contribution is 1.98. The number of piperazine rings is 1. The van der Waals surface area contributed by atoms with Crippen molar-refractivity contribution in [3.8, 4) is 0 Å². The number of carbonyl (C=O) groups is 2. The molecule has 0 bridgehead atoms. The Labute approximate surface area is 143 Å². The molecule has 1 saturated heterocycles. The summed E-state index contributed by atoms with van der Waals surface area (Å²) in [5.74, 6) is 0.0133. The molecule has 6 nitrogen and oxygen atoms in total. The number of amides is 2. The zero-order chi connectivity index (χ0) is 15.8. The van der Waals surface area contributed by atoms with E-state index in [0.717, 1.165) is 31.7 Å². The number of rotatable bonds is 6. The van der Waals surface area contributed by atoms with E-state index >= 15 is 0 Å². The molecule has 0 radical (unpaired) electrons. The highest BCUT2D eigenvalue weighted by atomic mass is 35.5. The lowest BCUT2D eigenvalue weighted by molar-refractivity contribution is -0.133. The molecule has 2 amide bonds. The molecular formula is C16H25ClN4O2. The Bertz CT molecular complexity index is 492. The first-order chi connectivity index (χ1) is 10.6. The average molecular weight is 341 g/mol. The van der Waals surface area contributed by atoms with Gasteiger partial charge in [-0.05, 0) is 12.6 Å². The topological polar surface area (TPSA) is 64.7 Å². The van der Waals surface area contributed by atoms with Crippen LogP contribution in [0.25, 0.3) is 0 Å². The van der Waals surface area contributed by atoms with E-state index in [4.69, 9.17) is 0 Å². The zero-order valence-corrected chi connectivity index (χ0v) is 14.3. The van der Waals surface area contributed by atoms with Gasteiger partial charge >= 0.3 is 0 Å². The molecule has 23 heavy (non-hydrogen) atoms. The first kappa shape index (κ1) is 19.4. The SMILES string of the molecule is CN(CC(=O)NCc1ccccc1)CC(=O)N1CCNCC1.Cl. The van der Waals surface area contributed by atoms with Crippen molar-refractivity contribution in [1.29, 1.82) is 0 Å². The van der Waals surface area contributed by atoms with Gasteiger partial charge in [-0.25, -0.2) is 0 Å². The Morgan fingerprint density at radius 2 is 1.83 bits per heavy atom. The van der Waals surface area contributed by atoms with Gasteiger partial charge in [0.05, 0.1) is 13.1 Å². The van der Waals surface area contributed by atoms with Crippen LogP contribution in [0.3, 0.4) is 0 Å². The Morgan fingerprint density at radius 3 is 2.48 bits per heavy atom. The molecular weight excluding hydrogens is 316 g/mol. The van der Waals surface area contributed by atoms with E-state index in [0.29, 0.717) is 6.54 Å². The summed E-state index contributed by atoms with van der Waals surface area (Å²) in [6, 6.07) is 9.77. The van der Waals surface area contributed by atoms with E-state index in [-0.39, 0.29) is 37.3 Å². The summed E-state index contributed by atoms with van der Waals surface area (Å²) in [4.78, 5) is 27.6. The molecule has 1 aliphatic rings. The third kappa shape index (κ3) is 6.99. The van der Waals surface area contributed by atoms with E-state index in [1.807, 2.05) is 35.2 Å². The minimum Gasteiger partial charge on any atom is -0.351 e. The first-order valence-electron chi connectivity index (χ1n) is 7.63. The number of halogens is 1. The van der Waals surface area contributed by atoms with E-state index in [1.165, 1.54) is 0 Å². The number of nitrogens with one attached hydrogen (secondary N) is 2. The Hall–Kier alpha value is -1.63. The monoisotopic (exact) mass is 340 g/mol. The fraction of sp³-hybridized carbons (Fsp3) is 0.500. The van der Waals surface area contributed by atoms with Crippen LogP contribution >= 0.6 is 12.4 Å². The molecule has 2 rings (SSSR count). The smallest absolute Gasteiger partial charge is 0.236 e. The van der Waals surface area contributed by atoms with Gasteiger partial charge in [-0.15, -0.1) is 12.4 Å². The van der Waals surface area contributed by atoms with Crippen LogP contribution in [0.15, 0.2) is 30.3 Å². The van der Waals surface area contributed by atoms with E-state index < -0.39 is 0 Å². The number of nitrogens with zero attached hydrogens (tertiary/aromatic N) is 2. The molecule has 7 heteroatoms. The molecule has 1 aliphatic heterocycles. The third-order valence-electron chi connectivity index (χ3n) is 3.62. The second-order valence-electron chi connectivity index (χ2n) is 5.57. The van der Waals surface area contributed by atoms with Crippen LogP contribution in [0.1, 0.15) is 5.56 Å². The van der Waals surface area contributed by atoms with Crippen LogP contribution in [0.4, 0.5) is 0 Å². The van der Waals surface area contributed by atoms with Gasteiger partial charge in [0.2, 0.25) is 11.8 Å². The Balaban J connectivity index is 0.00000264. The summed E-state index contributed by atoms with van der Waals surface area (Å²) in [5, 5.41) is 6.08. The average Bonchev–Trinajstić information content (AvgIpc) is 2.54. The van der Waals surface area contributed by atoms with Crippen molar-refractivity contribution in [2.45, 2.75) is 6.54 Å². The van der Waals surface area contributed by atoms with Crippen molar-refractivity contribution in [3.05, 3.63) is 35.9 Å². The molecule has 0 saturated carbocycles. The fourth-order valence-corrected chi connectivity index (χ4v) is 2.40. The summed E-state index contributed by atoms with van der Waals surface area (Å²) in [6.07, 6.45) is 0. The maximum absolute atomic E-state index is 12.1. The van der Waals surface area contributed by atoms with Crippen molar-refractivity contribution in [3.63, 3.8) is 0 Å². The van der Waals surface area contributed by atoms with Gasteiger partial charge in [-0.2, -0.15) is 0 Å². The lowest BCUT2D eigenvalue weighted by atomic mass is 10.2. The number of hydrogen-bond acceptors (Lipinski definition) is 4. The van der Waals surface area contributed by atoms with Crippen LogP contribution in [0.5, 0.6) is 0 Å². The van der Waals surface area contributed by atoms with Gasteiger partial charge in [0.1, 0.15) is 0 Å². The van der Waals surface area contributed by atoms with Crippen LogP contribution in [-0.4, -0.2) is 67.9 Å². The number of likely N-dealkylation sites (N-methyl/N-ethyl adjacent to an activating group) is 1. The van der Waals surface area contributed by atoms with Gasteiger partial charge < -0.3 is 15.5 Å². The highest BCUT2D eigenvalue weighted by Gasteiger charge is 2.18. The number of benzene rings is 1. The summed E-state index contributed by atoms with van der Waals surface area (Å²) < 4.78 is 0. The molecule has 0 atom stereocenters. The van der Waals surface area contributed by atoms with Crippen LogP contribution < -0.4 is 10.6 Å². The van der Waals surface area contributed by atoms with Crippen molar-refractivity contribution < 1.29 is 9.59 Å². The van der Waals surface area contributed by atoms with Crippen molar-refractivity contribution in [1.82, 2.24) is 20.4 Å². The normalized spacial score (nSPS) is 14.3. The molecule has 1 aromatic rings. The van der Waals surface area contributed by atoms with Crippen molar-refractivity contribution >= 4 is 24.2 Å². The van der Waals surface area contributed by atoms with Gasteiger partial charge in [0.15, 0.2) is 0 Å². The Morgan fingerprint density at radius 1 is 1.17 bits per heavy atom. The van der Waals surface area contributed by atoms with Gasteiger partial charge in [0.25, 0.3) is 0 Å². The largest absolute Gasteiger partial charge is 0.351 e. The summed E-state index contributed by atoms with van der Waals surface area (Å²) in [6.45, 7) is 4.18. The highest BCUT2D eigenvalue weighted by molar-refractivity contribution is 5.85. The fourth-order valence-electron chi connectivity index (χ4n) is 2.40. The Kier molecular flexibility index (Phi) is 8.61. The molecule has 0 aliphatic carbocycles. The second kappa shape index (κ2) is 10.2. The molecule has 1 fully saturated rings. The van der Waals surface area contributed by atoms with Crippen LogP contribution in [0.2, 0.25) is 0 Å². The van der Waals surface area contributed by atoms with Crippen LogP contribution in [-0.2, 0) is 16.1 Å². The van der Waals surface area contributed by atoms with Gasteiger partial charge in [-0.1, -0.05) is 30.3 Å². The van der Waals surface area contributed by atoms with E-state index in [2.05, 4.69) is 10.6 Å². The maximum atomic E-state index is 12.1. The van der Waals surface area contributed by atoms with Crippen LogP contribution in [0, 0.1) is 0 Å². The molecule has 1 heterocycles. The molecule has 0 aromatic heterocycles. The lowest BCUT2D eigenvalue weighted by Gasteiger charge is -2.29. The third-order valence-corrected chi connectivity index (χ3v) is 3.62. The van der Waals surface area contributed by atoms with Crippen molar-refractivity contribution in [2.24, 2.45) is 0 Å². The molecule has 128 valence electrons. The number of hydrogen-bond donors (Lipinski definition) is 2. The summed E-state index contributed by atoms with van der Waals surface area (Å²) in [5.41, 5.74) is 1.07. The predicted molar refractivity (Wildman–Crippen MR) is 92.5 cm³/mol. The first-order valence-corrected chi connectivity index (χ1v) is 7.63.